The summed E-state index contributed by atoms with van der Waals surface area (Å²) in [7, 11) is 0. The topological polar surface area (TPSA) is 64.3 Å². The van der Waals surface area contributed by atoms with Gasteiger partial charge in [-0.25, -0.2) is 13.9 Å². The van der Waals surface area contributed by atoms with Crippen LogP contribution in [0.5, 0.6) is 0 Å². The Labute approximate surface area is 178 Å². The molecule has 0 radical (unpaired) electrons. The van der Waals surface area contributed by atoms with Gasteiger partial charge in [-0.1, -0.05) is 23.8 Å². The summed E-state index contributed by atoms with van der Waals surface area (Å²) in [5, 5.41) is 16.2. The van der Waals surface area contributed by atoms with Crippen molar-refractivity contribution >= 4 is 12.0 Å². The van der Waals surface area contributed by atoms with Gasteiger partial charge in [0.1, 0.15) is 11.9 Å². The summed E-state index contributed by atoms with van der Waals surface area (Å²) in [6.07, 6.45) is 6.02. The fourth-order valence-corrected chi connectivity index (χ4v) is 5.37. The highest BCUT2D eigenvalue weighted by Crippen LogP contribution is 2.51. The molecule has 1 aliphatic heterocycles. The van der Waals surface area contributed by atoms with E-state index in [9.17, 15) is 14.3 Å². The van der Waals surface area contributed by atoms with Gasteiger partial charge in [-0.3, -0.25) is 0 Å². The third kappa shape index (κ3) is 2.86. The molecule has 5 nitrogen and oxygen atoms in total. The molecule has 3 atom stereocenters. The molecule has 2 aromatic carbocycles. The predicted molar refractivity (Wildman–Crippen MR) is 112 cm³/mol. The number of aromatic nitrogens is 2. The third-order valence-electron chi connectivity index (χ3n) is 6.96. The number of hydrogen-bond acceptors (Lipinski definition) is 4. The van der Waals surface area contributed by atoms with Crippen LogP contribution in [0.25, 0.3) is 11.8 Å². The molecule has 1 N–H and O–H groups in total. The first-order valence-corrected chi connectivity index (χ1v) is 10.6. The van der Waals surface area contributed by atoms with Crippen LogP contribution in [0.4, 0.5) is 4.39 Å². The highest BCUT2D eigenvalue weighted by Gasteiger charge is 2.49. The van der Waals surface area contributed by atoms with Crippen LogP contribution in [0.3, 0.4) is 0 Å². The minimum atomic E-state index is -0.941. The van der Waals surface area contributed by atoms with Crippen LogP contribution in [0.15, 0.2) is 60.3 Å². The van der Waals surface area contributed by atoms with E-state index >= 15 is 0 Å². The second kappa shape index (κ2) is 6.62. The number of aliphatic hydroxyl groups is 1. The maximum absolute atomic E-state index is 13.3. The molecular weight excluding hydrogens is 395 g/mol. The number of esters is 1. The fraction of sp³-hybridized carbons (Fsp3) is 0.280. The maximum Gasteiger partial charge on any atom is 0.339 e. The molecule has 3 aromatic rings. The summed E-state index contributed by atoms with van der Waals surface area (Å²) in [5.74, 6) is -0.625. The van der Waals surface area contributed by atoms with E-state index in [-0.39, 0.29) is 17.7 Å². The van der Waals surface area contributed by atoms with Crippen molar-refractivity contribution in [3.63, 3.8) is 0 Å². The van der Waals surface area contributed by atoms with Crippen molar-refractivity contribution in [2.24, 2.45) is 5.92 Å². The van der Waals surface area contributed by atoms with Crippen LogP contribution in [0.1, 0.15) is 52.5 Å². The van der Waals surface area contributed by atoms with E-state index in [1.165, 1.54) is 17.7 Å². The molecular formula is C25H21FN2O3. The first kappa shape index (κ1) is 18.5. The van der Waals surface area contributed by atoms with Gasteiger partial charge in [0.05, 0.1) is 28.7 Å². The summed E-state index contributed by atoms with van der Waals surface area (Å²) < 4.78 is 20.8. The molecule has 0 bridgehead atoms. The lowest BCUT2D eigenvalue weighted by atomic mass is 9.77. The quantitative estimate of drug-likeness (QED) is 0.643. The Morgan fingerprint density at radius 1 is 1.19 bits per heavy atom. The molecule has 156 valence electrons. The average Bonchev–Trinajstić information content (AvgIpc) is 3.43. The molecule has 1 fully saturated rings. The smallest absolute Gasteiger partial charge is 0.339 e. The van der Waals surface area contributed by atoms with Crippen molar-refractivity contribution in [1.82, 2.24) is 9.78 Å². The lowest BCUT2D eigenvalue weighted by molar-refractivity contribution is -0.0400. The minimum Gasteiger partial charge on any atom is -0.454 e. The fourth-order valence-electron chi connectivity index (χ4n) is 5.37. The Morgan fingerprint density at radius 3 is 2.84 bits per heavy atom. The maximum atomic E-state index is 13.3. The van der Waals surface area contributed by atoms with Gasteiger partial charge >= 0.3 is 5.97 Å². The zero-order chi connectivity index (χ0) is 21.2. The molecule has 3 aliphatic rings. The molecule has 6 heteroatoms. The van der Waals surface area contributed by atoms with Crippen molar-refractivity contribution < 1.29 is 19.0 Å². The van der Waals surface area contributed by atoms with Crippen LogP contribution in [-0.2, 0) is 11.2 Å². The number of ether oxygens (including phenoxy) is 1. The van der Waals surface area contributed by atoms with Gasteiger partial charge in [0.2, 0.25) is 0 Å². The summed E-state index contributed by atoms with van der Waals surface area (Å²) in [5.41, 5.74) is 4.55. The van der Waals surface area contributed by atoms with Crippen LogP contribution in [0.2, 0.25) is 0 Å². The summed E-state index contributed by atoms with van der Waals surface area (Å²) >= 11 is 0. The Balaban J connectivity index is 1.30. The van der Waals surface area contributed by atoms with Crippen molar-refractivity contribution in [1.29, 1.82) is 0 Å². The van der Waals surface area contributed by atoms with Gasteiger partial charge in [0.15, 0.2) is 0 Å². The van der Waals surface area contributed by atoms with Gasteiger partial charge < -0.3 is 9.84 Å². The normalized spacial score (nSPS) is 26.1. The standard InChI is InChI=1S/C25H21FN2O3/c26-17-5-7-18(8-6-17)28-22-12-15-9-10-25(30,21(15)11-16(22)14-27-28)13-23-19-3-1-2-4-20(19)24(29)31-23/h1-8,12,14,21,23,30H,9-11,13H2/t21?,23?,25-/m1/s1. The van der Waals surface area contributed by atoms with E-state index in [4.69, 9.17) is 4.74 Å². The second-order valence-electron chi connectivity index (χ2n) is 8.71. The van der Waals surface area contributed by atoms with E-state index in [2.05, 4.69) is 11.2 Å². The molecule has 6 rings (SSSR count). The number of carbonyl (C=O) groups excluding carboxylic acids is 1. The molecule has 0 spiro atoms. The molecule has 2 unspecified atom stereocenters. The number of rotatable bonds is 3. The average molecular weight is 416 g/mol. The molecule has 0 saturated heterocycles. The van der Waals surface area contributed by atoms with E-state index in [0.29, 0.717) is 24.8 Å². The summed E-state index contributed by atoms with van der Waals surface area (Å²) in [6.45, 7) is 0. The zero-order valence-corrected chi connectivity index (χ0v) is 16.8. The van der Waals surface area contributed by atoms with Gasteiger partial charge in [0, 0.05) is 17.9 Å². The molecule has 2 heterocycles. The Kier molecular flexibility index (Phi) is 3.96. The predicted octanol–water partition coefficient (Wildman–Crippen LogP) is 4.39. The van der Waals surface area contributed by atoms with Crippen LogP contribution in [0, 0.1) is 11.7 Å². The number of halogens is 1. The molecule has 1 saturated carbocycles. The van der Waals surface area contributed by atoms with E-state index in [1.54, 1.807) is 18.2 Å². The lowest BCUT2D eigenvalue weighted by Gasteiger charge is -2.34. The van der Waals surface area contributed by atoms with Gasteiger partial charge in [-0.05, 0) is 61.2 Å². The first-order chi connectivity index (χ1) is 15.0. The van der Waals surface area contributed by atoms with Crippen molar-refractivity contribution in [2.75, 3.05) is 0 Å². The van der Waals surface area contributed by atoms with Gasteiger partial charge in [-0.15, -0.1) is 0 Å². The number of fused-ring (bicyclic) bond motifs is 3. The molecule has 1 aromatic heterocycles. The van der Waals surface area contributed by atoms with Crippen LogP contribution >= 0.6 is 0 Å². The largest absolute Gasteiger partial charge is 0.454 e. The van der Waals surface area contributed by atoms with E-state index in [0.717, 1.165) is 28.9 Å². The monoisotopic (exact) mass is 416 g/mol. The number of nitrogens with zero attached hydrogens (tertiary/aromatic N) is 2. The minimum absolute atomic E-state index is 0.0302. The number of cyclic esters (lactones) is 1. The number of hydrogen-bond donors (Lipinski definition) is 1. The summed E-state index contributed by atoms with van der Waals surface area (Å²) in [4.78, 5) is 12.2. The highest BCUT2D eigenvalue weighted by molar-refractivity contribution is 5.94. The first-order valence-electron chi connectivity index (χ1n) is 10.6. The number of carbonyl (C=O) groups is 1. The van der Waals surface area contributed by atoms with Gasteiger partial charge in [-0.2, -0.15) is 5.10 Å². The molecule has 2 aliphatic carbocycles. The zero-order valence-electron chi connectivity index (χ0n) is 16.8. The molecule has 31 heavy (non-hydrogen) atoms. The van der Waals surface area contributed by atoms with Crippen molar-refractivity contribution in [3.05, 3.63) is 88.5 Å². The SMILES string of the molecule is O=C1OC(C[C@]2(O)CCC3=Cc4c(cnn4-c4ccc(F)cc4)CC32)c2ccccc21. The second-order valence-corrected chi connectivity index (χ2v) is 8.71. The van der Waals surface area contributed by atoms with Crippen molar-refractivity contribution in [3.8, 4) is 5.69 Å². The summed E-state index contributed by atoms with van der Waals surface area (Å²) in [6, 6.07) is 13.7. The van der Waals surface area contributed by atoms with Crippen LogP contribution < -0.4 is 0 Å². The molecule has 0 amide bonds. The van der Waals surface area contributed by atoms with Crippen molar-refractivity contribution in [2.45, 2.75) is 37.4 Å². The Bertz CT molecular complexity index is 1230. The Morgan fingerprint density at radius 2 is 2.00 bits per heavy atom. The van der Waals surface area contributed by atoms with Crippen LogP contribution in [-0.4, -0.2) is 26.5 Å². The van der Waals surface area contributed by atoms with Gasteiger partial charge in [0.25, 0.3) is 0 Å². The lowest BCUT2D eigenvalue weighted by Crippen LogP contribution is -2.37. The Hall–Kier alpha value is -3.25. The van der Waals surface area contributed by atoms with E-state index < -0.39 is 11.7 Å². The number of benzene rings is 2. The third-order valence-corrected chi connectivity index (χ3v) is 6.96. The highest BCUT2D eigenvalue weighted by atomic mass is 19.1. The van der Waals surface area contributed by atoms with E-state index in [1.807, 2.05) is 29.1 Å².